The van der Waals surface area contributed by atoms with Crippen LogP contribution in [0.25, 0.3) is 11.0 Å². The zero-order valence-electron chi connectivity index (χ0n) is 11.0. The summed E-state index contributed by atoms with van der Waals surface area (Å²) >= 11 is 0. The van der Waals surface area contributed by atoms with Crippen LogP contribution in [0.15, 0.2) is 42.5 Å². The normalized spacial score (nSPS) is 11.8. The van der Waals surface area contributed by atoms with Crippen LogP contribution in [0.5, 0.6) is 11.5 Å². The maximum atomic E-state index is 12.7. The molecule has 6 heteroatoms. The molecule has 0 aliphatic rings. The molecule has 0 atom stereocenters. The van der Waals surface area contributed by atoms with Gasteiger partial charge in [0.05, 0.1) is 11.0 Å². The van der Waals surface area contributed by atoms with Gasteiger partial charge in [-0.05, 0) is 31.2 Å². The topological polar surface area (TPSA) is 37.9 Å². The van der Waals surface area contributed by atoms with E-state index in [2.05, 4.69) is 9.97 Å². The Bertz CT molecular complexity index is 779. The van der Waals surface area contributed by atoms with Crippen molar-refractivity contribution in [3.63, 3.8) is 0 Å². The quantitative estimate of drug-likeness (QED) is 0.744. The molecule has 0 fully saturated rings. The summed E-state index contributed by atoms with van der Waals surface area (Å²) in [4.78, 5) is 5.87. The van der Waals surface area contributed by atoms with E-state index >= 15 is 0 Å². The van der Waals surface area contributed by atoms with E-state index in [0.717, 1.165) is 0 Å². The van der Waals surface area contributed by atoms with Gasteiger partial charge in [0.2, 0.25) is 5.82 Å². The van der Waals surface area contributed by atoms with Crippen molar-refractivity contribution in [2.75, 3.05) is 0 Å². The van der Waals surface area contributed by atoms with Crippen LogP contribution in [-0.2, 0) is 6.18 Å². The lowest BCUT2D eigenvalue weighted by Crippen LogP contribution is -2.06. The average Bonchev–Trinajstić information content (AvgIpc) is 2.88. The van der Waals surface area contributed by atoms with Crippen LogP contribution in [0.2, 0.25) is 0 Å². The SMILES string of the molecule is Cc1c(Oc2ccccc2)ccc2nc(C(F)(F)F)[nH]c12. The number of para-hydroxylation sites is 1. The van der Waals surface area contributed by atoms with Crippen molar-refractivity contribution in [3.05, 3.63) is 53.9 Å². The van der Waals surface area contributed by atoms with Gasteiger partial charge in [0.15, 0.2) is 0 Å². The van der Waals surface area contributed by atoms with Gasteiger partial charge in [0, 0.05) is 5.56 Å². The predicted molar refractivity (Wildman–Crippen MR) is 72.3 cm³/mol. The number of hydrogen-bond donors (Lipinski definition) is 1. The first-order valence-corrected chi connectivity index (χ1v) is 6.24. The third-order valence-corrected chi connectivity index (χ3v) is 3.11. The summed E-state index contributed by atoms with van der Waals surface area (Å²) in [6, 6.07) is 12.2. The number of alkyl halides is 3. The minimum atomic E-state index is -4.49. The van der Waals surface area contributed by atoms with Gasteiger partial charge in [0.25, 0.3) is 0 Å². The van der Waals surface area contributed by atoms with E-state index in [1.807, 2.05) is 18.2 Å². The van der Waals surface area contributed by atoms with E-state index in [9.17, 15) is 13.2 Å². The highest BCUT2D eigenvalue weighted by molar-refractivity contribution is 5.81. The molecule has 1 heterocycles. The van der Waals surface area contributed by atoms with Crippen molar-refractivity contribution < 1.29 is 17.9 Å². The Morgan fingerprint density at radius 1 is 1.05 bits per heavy atom. The fraction of sp³-hybridized carbons (Fsp3) is 0.133. The van der Waals surface area contributed by atoms with Gasteiger partial charge in [-0.25, -0.2) is 4.98 Å². The number of ether oxygens (including phenoxy) is 1. The number of aryl methyl sites for hydroxylation is 1. The first kappa shape index (κ1) is 13.5. The first-order chi connectivity index (χ1) is 9.95. The smallest absolute Gasteiger partial charge is 0.449 e. The number of hydrogen-bond acceptors (Lipinski definition) is 2. The summed E-state index contributed by atoms with van der Waals surface area (Å²) in [6.07, 6.45) is -4.49. The van der Waals surface area contributed by atoms with Crippen LogP contribution in [0.1, 0.15) is 11.4 Å². The van der Waals surface area contributed by atoms with Gasteiger partial charge in [-0.1, -0.05) is 18.2 Å². The molecule has 0 saturated heterocycles. The van der Waals surface area contributed by atoms with E-state index in [1.165, 1.54) is 6.07 Å². The molecule has 1 aromatic heterocycles. The highest BCUT2D eigenvalue weighted by Crippen LogP contribution is 2.33. The molecular weight excluding hydrogens is 281 g/mol. The standard InChI is InChI=1S/C15H11F3N2O/c1-9-12(21-10-5-3-2-4-6-10)8-7-11-13(9)20-14(19-11)15(16,17)18/h2-8H,1H3,(H,19,20). The summed E-state index contributed by atoms with van der Waals surface area (Å²) in [5.74, 6) is 0.110. The number of halogens is 3. The van der Waals surface area contributed by atoms with Gasteiger partial charge < -0.3 is 9.72 Å². The van der Waals surface area contributed by atoms with Crippen molar-refractivity contribution in [2.45, 2.75) is 13.1 Å². The molecule has 0 spiro atoms. The van der Waals surface area contributed by atoms with Gasteiger partial charge in [-0.15, -0.1) is 0 Å². The fourth-order valence-electron chi connectivity index (χ4n) is 2.06. The Kier molecular flexibility index (Phi) is 3.08. The Hall–Kier alpha value is -2.50. The van der Waals surface area contributed by atoms with Crippen molar-refractivity contribution in [1.29, 1.82) is 0 Å². The molecule has 3 aromatic rings. The number of aromatic amines is 1. The Labute approximate surface area is 118 Å². The second-order valence-corrected chi connectivity index (χ2v) is 4.58. The van der Waals surface area contributed by atoms with Crippen molar-refractivity contribution in [3.8, 4) is 11.5 Å². The van der Waals surface area contributed by atoms with Crippen LogP contribution in [-0.4, -0.2) is 9.97 Å². The number of nitrogens with one attached hydrogen (secondary N) is 1. The van der Waals surface area contributed by atoms with E-state index in [0.29, 0.717) is 22.6 Å². The van der Waals surface area contributed by atoms with Gasteiger partial charge in [-0.2, -0.15) is 13.2 Å². The molecule has 0 amide bonds. The zero-order chi connectivity index (χ0) is 15.0. The molecule has 0 aliphatic heterocycles. The maximum absolute atomic E-state index is 12.7. The molecule has 0 aliphatic carbocycles. The summed E-state index contributed by atoms with van der Waals surface area (Å²) in [5, 5.41) is 0. The highest BCUT2D eigenvalue weighted by atomic mass is 19.4. The Morgan fingerprint density at radius 3 is 2.43 bits per heavy atom. The van der Waals surface area contributed by atoms with E-state index in [4.69, 9.17) is 4.74 Å². The number of rotatable bonds is 2. The number of nitrogens with zero attached hydrogens (tertiary/aromatic N) is 1. The number of benzene rings is 2. The lowest BCUT2D eigenvalue weighted by molar-refractivity contribution is -0.144. The number of H-pyrrole nitrogens is 1. The van der Waals surface area contributed by atoms with Crippen LogP contribution >= 0.6 is 0 Å². The molecule has 0 radical (unpaired) electrons. The molecule has 1 N–H and O–H groups in total. The van der Waals surface area contributed by atoms with Crippen LogP contribution in [0, 0.1) is 6.92 Å². The van der Waals surface area contributed by atoms with Gasteiger partial charge >= 0.3 is 6.18 Å². The minimum absolute atomic E-state index is 0.264. The molecular formula is C15H11F3N2O. The van der Waals surface area contributed by atoms with Crippen molar-refractivity contribution >= 4 is 11.0 Å². The molecule has 0 unspecified atom stereocenters. The minimum Gasteiger partial charge on any atom is -0.457 e. The monoisotopic (exact) mass is 292 g/mol. The maximum Gasteiger partial charge on any atom is 0.449 e. The third-order valence-electron chi connectivity index (χ3n) is 3.11. The third kappa shape index (κ3) is 2.56. The van der Waals surface area contributed by atoms with Gasteiger partial charge in [0.1, 0.15) is 11.5 Å². The molecule has 108 valence electrons. The second kappa shape index (κ2) is 4.80. The Morgan fingerprint density at radius 2 is 1.76 bits per heavy atom. The largest absolute Gasteiger partial charge is 0.457 e. The summed E-state index contributed by atoms with van der Waals surface area (Å²) in [7, 11) is 0. The molecule has 3 nitrogen and oxygen atoms in total. The first-order valence-electron chi connectivity index (χ1n) is 6.24. The van der Waals surface area contributed by atoms with E-state index in [1.54, 1.807) is 25.1 Å². The average molecular weight is 292 g/mol. The lowest BCUT2D eigenvalue weighted by atomic mass is 10.2. The fourth-order valence-corrected chi connectivity index (χ4v) is 2.06. The molecule has 0 saturated carbocycles. The van der Waals surface area contributed by atoms with Gasteiger partial charge in [-0.3, -0.25) is 0 Å². The summed E-state index contributed by atoms with van der Waals surface area (Å²) in [5.41, 5.74) is 1.18. The molecule has 2 aromatic carbocycles. The van der Waals surface area contributed by atoms with E-state index in [-0.39, 0.29) is 5.52 Å². The lowest BCUT2D eigenvalue weighted by Gasteiger charge is -2.08. The Balaban J connectivity index is 2.04. The zero-order valence-corrected chi connectivity index (χ0v) is 11.0. The second-order valence-electron chi connectivity index (χ2n) is 4.58. The van der Waals surface area contributed by atoms with E-state index < -0.39 is 12.0 Å². The predicted octanol–water partition coefficient (Wildman–Crippen LogP) is 4.68. The van der Waals surface area contributed by atoms with Crippen molar-refractivity contribution in [1.82, 2.24) is 9.97 Å². The van der Waals surface area contributed by atoms with Crippen molar-refractivity contribution in [2.24, 2.45) is 0 Å². The van der Waals surface area contributed by atoms with Crippen LogP contribution in [0.4, 0.5) is 13.2 Å². The molecule has 0 bridgehead atoms. The summed E-state index contributed by atoms with van der Waals surface area (Å²) in [6.45, 7) is 1.69. The molecule has 21 heavy (non-hydrogen) atoms. The highest BCUT2D eigenvalue weighted by Gasteiger charge is 2.35. The number of aromatic nitrogens is 2. The molecule has 3 rings (SSSR count). The summed E-state index contributed by atoms with van der Waals surface area (Å²) < 4.78 is 43.7. The van der Waals surface area contributed by atoms with Crippen LogP contribution < -0.4 is 4.74 Å². The van der Waals surface area contributed by atoms with Crippen LogP contribution in [0.3, 0.4) is 0 Å². The number of imidazole rings is 1. The number of fused-ring (bicyclic) bond motifs is 1.